The predicted molar refractivity (Wildman–Crippen MR) is 124 cm³/mol. The van der Waals surface area contributed by atoms with Crippen LogP contribution in [0.2, 0.25) is 0 Å². The third kappa shape index (κ3) is 4.61. The fraction of sp³-hybridized carbons (Fsp3) is 0.182. The van der Waals surface area contributed by atoms with Gasteiger partial charge in [0.2, 0.25) is 5.91 Å². The molecule has 32 heavy (non-hydrogen) atoms. The highest BCUT2D eigenvalue weighted by Gasteiger charge is 2.18. The molecule has 4 rings (SSSR count). The number of nitrogens with one attached hydrogen (secondary N) is 1. The second-order valence-corrected chi connectivity index (χ2v) is 8.99. The van der Waals surface area contributed by atoms with E-state index in [1.54, 1.807) is 42.7 Å². The Morgan fingerprint density at radius 1 is 1.25 bits per heavy atom. The quantitative estimate of drug-likeness (QED) is 0.248. The monoisotopic (exact) mass is 469 g/mol. The molecule has 0 aliphatic carbocycles. The number of anilines is 1. The van der Waals surface area contributed by atoms with Crippen molar-refractivity contribution >= 4 is 50.9 Å². The van der Waals surface area contributed by atoms with Crippen molar-refractivity contribution in [3.8, 4) is 0 Å². The van der Waals surface area contributed by atoms with Gasteiger partial charge >= 0.3 is 5.97 Å². The number of carbonyl (C=O) groups excluding carboxylic acids is 2. The first-order chi connectivity index (χ1) is 15.5. The average Bonchev–Trinajstić information content (AvgIpc) is 3.43. The van der Waals surface area contributed by atoms with Crippen molar-refractivity contribution in [2.24, 2.45) is 0 Å². The van der Waals surface area contributed by atoms with E-state index in [1.165, 1.54) is 23.0 Å². The molecule has 1 aromatic carbocycles. The maximum Gasteiger partial charge on any atom is 0.339 e. The van der Waals surface area contributed by atoms with Gasteiger partial charge in [-0.3, -0.25) is 14.2 Å². The van der Waals surface area contributed by atoms with Crippen molar-refractivity contribution in [2.75, 3.05) is 18.2 Å². The van der Waals surface area contributed by atoms with E-state index in [0.29, 0.717) is 26.8 Å². The Labute approximate surface area is 191 Å². The van der Waals surface area contributed by atoms with Crippen LogP contribution in [0.3, 0.4) is 0 Å². The molecule has 0 atom stereocenters. The van der Waals surface area contributed by atoms with Gasteiger partial charge in [-0.25, -0.2) is 9.78 Å². The van der Waals surface area contributed by atoms with Crippen LogP contribution in [-0.2, 0) is 16.1 Å². The first-order valence-corrected chi connectivity index (χ1v) is 11.4. The zero-order valence-electron chi connectivity index (χ0n) is 17.3. The molecule has 1 amide bonds. The number of nitrogens with zero attached hydrogens (tertiary/aromatic N) is 2. The number of thioether (sulfide) groups is 1. The van der Waals surface area contributed by atoms with Crippen LogP contribution >= 0.6 is 23.1 Å². The van der Waals surface area contributed by atoms with Crippen molar-refractivity contribution in [1.82, 2.24) is 9.55 Å². The summed E-state index contributed by atoms with van der Waals surface area (Å²) in [6.45, 7) is 2.13. The molecule has 0 fully saturated rings. The van der Waals surface area contributed by atoms with Crippen LogP contribution in [0.4, 0.5) is 5.69 Å². The van der Waals surface area contributed by atoms with E-state index in [-0.39, 0.29) is 29.3 Å². The Hall–Kier alpha value is -3.37. The van der Waals surface area contributed by atoms with Gasteiger partial charge in [-0.2, -0.15) is 0 Å². The van der Waals surface area contributed by atoms with Crippen molar-refractivity contribution in [2.45, 2.75) is 18.6 Å². The van der Waals surface area contributed by atoms with Gasteiger partial charge in [-0.15, -0.1) is 11.3 Å². The molecule has 0 aliphatic heterocycles. The standard InChI is InChI=1S/C22H19N3O5S2/c1-13-10-16-19(32-13)24-22(25(20(16)27)11-14-6-5-9-30-14)31-12-18(26)23-17-8-4-3-7-15(17)21(28)29-2/h3-10H,11-12H2,1-2H3,(H,23,26). The molecule has 164 valence electrons. The van der Waals surface area contributed by atoms with Gasteiger partial charge in [0.25, 0.3) is 5.56 Å². The van der Waals surface area contributed by atoms with E-state index in [0.717, 1.165) is 16.6 Å². The fourth-order valence-electron chi connectivity index (χ4n) is 3.12. The fourth-order valence-corrected chi connectivity index (χ4v) is 4.84. The number of esters is 1. The lowest BCUT2D eigenvalue weighted by molar-refractivity contribution is -0.113. The number of aromatic nitrogens is 2. The number of thiophene rings is 1. The summed E-state index contributed by atoms with van der Waals surface area (Å²) in [5.74, 6) is -0.275. The third-order valence-corrected chi connectivity index (χ3v) is 6.49. The van der Waals surface area contributed by atoms with Crippen LogP contribution in [-0.4, -0.2) is 34.3 Å². The first-order valence-electron chi connectivity index (χ1n) is 9.59. The van der Waals surface area contributed by atoms with E-state index >= 15 is 0 Å². The molecule has 3 aromatic heterocycles. The van der Waals surface area contributed by atoms with E-state index in [9.17, 15) is 14.4 Å². The Morgan fingerprint density at radius 3 is 2.81 bits per heavy atom. The smallest absolute Gasteiger partial charge is 0.339 e. The number of aryl methyl sites for hydroxylation is 1. The SMILES string of the molecule is COC(=O)c1ccccc1NC(=O)CSc1nc2sc(C)cc2c(=O)n1Cc1ccco1. The number of carbonyl (C=O) groups is 2. The van der Waals surface area contributed by atoms with Gasteiger partial charge < -0.3 is 14.5 Å². The summed E-state index contributed by atoms with van der Waals surface area (Å²) in [5.41, 5.74) is 0.432. The first kappa shape index (κ1) is 21.8. The number of hydrogen-bond donors (Lipinski definition) is 1. The molecule has 0 unspecified atom stereocenters. The number of para-hydroxylation sites is 1. The number of methoxy groups -OCH3 is 1. The average molecular weight is 470 g/mol. The van der Waals surface area contributed by atoms with Crippen LogP contribution in [0, 0.1) is 6.92 Å². The maximum atomic E-state index is 13.1. The van der Waals surface area contributed by atoms with Crippen molar-refractivity contribution < 1.29 is 18.7 Å². The van der Waals surface area contributed by atoms with Crippen LogP contribution in [0.25, 0.3) is 10.2 Å². The minimum atomic E-state index is -0.541. The summed E-state index contributed by atoms with van der Waals surface area (Å²) < 4.78 is 11.7. The summed E-state index contributed by atoms with van der Waals surface area (Å²) in [5, 5.41) is 3.68. The molecule has 1 N–H and O–H groups in total. The van der Waals surface area contributed by atoms with Crippen molar-refractivity contribution in [1.29, 1.82) is 0 Å². The molecule has 0 spiro atoms. The van der Waals surface area contributed by atoms with E-state index in [1.807, 2.05) is 13.0 Å². The molecular weight excluding hydrogens is 450 g/mol. The molecule has 0 saturated carbocycles. The topological polar surface area (TPSA) is 103 Å². The number of benzene rings is 1. The van der Waals surface area contributed by atoms with Crippen molar-refractivity contribution in [3.05, 3.63) is 75.3 Å². The van der Waals surface area contributed by atoms with Crippen LogP contribution < -0.4 is 10.9 Å². The van der Waals surface area contributed by atoms with Gasteiger partial charge in [0, 0.05) is 4.88 Å². The highest BCUT2D eigenvalue weighted by Crippen LogP contribution is 2.25. The lowest BCUT2D eigenvalue weighted by Gasteiger charge is -2.12. The van der Waals surface area contributed by atoms with Gasteiger partial charge in [0.05, 0.1) is 42.3 Å². The second kappa shape index (κ2) is 9.41. The number of furan rings is 1. The number of hydrogen-bond acceptors (Lipinski definition) is 8. The summed E-state index contributed by atoms with van der Waals surface area (Å²) >= 11 is 2.57. The maximum absolute atomic E-state index is 13.1. The van der Waals surface area contributed by atoms with Crippen LogP contribution in [0.15, 0.2) is 63.1 Å². The van der Waals surface area contributed by atoms with E-state index in [2.05, 4.69) is 10.3 Å². The Bertz CT molecular complexity index is 1340. The predicted octanol–water partition coefficient (Wildman–Crippen LogP) is 3.93. The number of rotatable bonds is 7. The molecule has 4 aromatic rings. The Morgan fingerprint density at radius 2 is 2.06 bits per heavy atom. The summed E-state index contributed by atoms with van der Waals surface area (Å²) in [6.07, 6.45) is 1.54. The molecule has 0 radical (unpaired) electrons. The second-order valence-electron chi connectivity index (χ2n) is 6.81. The molecule has 0 aliphatic rings. The minimum absolute atomic E-state index is 0.00400. The molecule has 3 heterocycles. The normalized spacial score (nSPS) is 10.9. The summed E-state index contributed by atoms with van der Waals surface area (Å²) in [7, 11) is 1.28. The van der Waals surface area contributed by atoms with Crippen molar-refractivity contribution in [3.63, 3.8) is 0 Å². The lowest BCUT2D eigenvalue weighted by atomic mass is 10.2. The molecular formula is C22H19N3O5S2. The zero-order chi connectivity index (χ0) is 22.7. The highest BCUT2D eigenvalue weighted by atomic mass is 32.2. The largest absolute Gasteiger partial charge is 0.467 e. The Balaban J connectivity index is 1.58. The number of ether oxygens (including phenoxy) is 1. The minimum Gasteiger partial charge on any atom is -0.467 e. The van der Waals surface area contributed by atoms with Crippen LogP contribution in [0.1, 0.15) is 21.0 Å². The van der Waals surface area contributed by atoms with Gasteiger partial charge in [-0.05, 0) is 37.3 Å². The van der Waals surface area contributed by atoms with Crippen LogP contribution in [0.5, 0.6) is 0 Å². The zero-order valence-corrected chi connectivity index (χ0v) is 18.9. The van der Waals surface area contributed by atoms with Gasteiger partial charge in [0.1, 0.15) is 10.6 Å². The van der Waals surface area contributed by atoms with Gasteiger partial charge in [0.15, 0.2) is 5.16 Å². The summed E-state index contributed by atoms with van der Waals surface area (Å²) in [6, 6.07) is 11.9. The van der Waals surface area contributed by atoms with E-state index in [4.69, 9.17) is 9.15 Å². The van der Waals surface area contributed by atoms with Gasteiger partial charge in [-0.1, -0.05) is 23.9 Å². The highest BCUT2D eigenvalue weighted by molar-refractivity contribution is 7.99. The molecule has 10 heteroatoms. The summed E-state index contributed by atoms with van der Waals surface area (Å²) in [4.78, 5) is 43.9. The molecule has 0 saturated heterocycles. The lowest BCUT2D eigenvalue weighted by Crippen LogP contribution is -2.24. The molecule has 8 nitrogen and oxygen atoms in total. The number of fused-ring (bicyclic) bond motifs is 1. The number of amides is 1. The van der Waals surface area contributed by atoms with E-state index < -0.39 is 5.97 Å². The third-order valence-electron chi connectivity index (χ3n) is 4.57. The Kier molecular flexibility index (Phi) is 6.42. The molecule has 0 bridgehead atoms.